The Morgan fingerprint density at radius 1 is 1.22 bits per heavy atom. The van der Waals surface area contributed by atoms with E-state index in [2.05, 4.69) is 0 Å². The van der Waals surface area contributed by atoms with E-state index in [0.717, 1.165) is 18.4 Å². The predicted octanol–water partition coefficient (Wildman–Crippen LogP) is 2.67. The summed E-state index contributed by atoms with van der Waals surface area (Å²) >= 11 is 0. The smallest absolute Gasteiger partial charge is 0.182 e. The highest BCUT2D eigenvalue weighted by Crippen LogP contribution is 2.24. The van der Waals surface area contributed by atoms with Crippen molar-refractivity contribution in [2.75, 3.05) is 0 Å². The average Bonchev–Trinajstić information content (AvgIpc) is 2.30. The molecular formula is C14H23NO2S. The van der Waals surface area contributed by atoms with Gasteiger partial charge in [0.25, 0.3) is 0 Å². The monoisotopic (exact) mass is 269 g/mol. The first-order valence-corrected chi connectivity index (χ1v) is 8.04. The van der Waals surface area contributed by atoms with Crippen LogP contribution in [0, 0.1) is 6.92 Å². The van der Waals surface area contributed by atoms with E-state index >= 15 is 0 Å². The van der Waals surface area contributed by atoms with Gasteiger partial charge in [-0.05, 0) is 31.4 Å². The van der Waals surface area contributed by atoms with Crippen molar-refractivity contribution in [1.82, 2.24) is 0 Å². The van der Waals surface area contributed by atoms with Crippen molar-refractivity contribution in [2.24, 2.45) is 5.73 Å². The molecule has 18 heavy (non-hydrogen) atoms. The fraction of sp³-hybridized carbons (Fsp3) is 0.571. The molecule has 0 bridgehead atoms. The predicted molar refractivity (Wildman–Crippen MR) is 75.3 cm³/mol. The van der Waals surface area contributed by atoms with Crippen LogP contribution >= 0.6 is 0 Å². The van der Waals surface area contributed by atoms with Crippen LogP contribution in [0.3, 0.4) is 0 Å². The van der Waals surface area contributed by atoms with Gasteiger partial charge in [-0.1, -0.05) is 38.5 Å². The first-order chi connectivity index (χ1) is 8.45. The lowest BCUT2D eigenvalue weighted by atomic mass is 10.1. The van der Waals surface area contributed by atoms with Crippen molar-refractivity contribution >= 4 is 9.84 Å². The highest BCUT2D eigenvalue weighted by atomic mass is 32.2. The largest absolute Gasteiger partial charge is 0.327 e. The Hall–Kier alpha value is -0.870. The molecule has 2 atom stereocenters. The van der Waals surface area contributed by atoms with Crippen LogP contribution in [0.15, 0.2) is 29.2 Å². The molecule has 2 N–H and O–H groups in total. The summed E-state index contributed by atoms with van der Waals surface area (Å²) < 4.78 is 25.2. The Labute approximate surface area is 110 Å². The molecule has 1 rings (SSSR count). The van der Waals surface area contributed by atoms with Gasteiger partial charge in [-0.3, -0.25) is 0 Å². The van der Waals surface area contributed by atoms with Gasteiger partial charge in [0.05, 0.1) is 10.1 Å². The second kappa shape index (κ2) is 6.34. The van der Waals surface area contributed by atoms with E-state index in [1.807, 2.05) is 32.9 Å². The van der Waals surface area contributed by atoms with Crippen molar-refractivity contribution < 1.29 is 8.42 Å². The third-order valence-corrected chi connectivity index (χ3v) is 5.85. The lowest BCUT2D eigenvalue weighted by Gasteiger charge is -2.23. The van der Waals surface area contributed by atoms with E-state index in [0.29, 0.717) is 11.3 Å². The van der Waals surface area contributed by atoms with E-state index < -0.39 is 15.1 Å². The van der Waals surface area contributed by atoms with E-state index in [-0.39, 0.29) is 6.04 Å². The number of hydrogen-bond acceptors (Lipinski definition) is 3. The van der Waals surface area contributed by atoms with Gasteiger partial charge in [-0.25, -0.2) is 8.42 Å². The summed E-state index contributed by atoms with van der Waals surface area (Å²) in [6.07, 6.45) is 2.20. The minimum absolute atomic E-state index is 0.287. The molecule has 0 spiro atoms. The number of rotatable bonds is 6. The zero-order valence-electron chi connectivity index (χ0n) is 11.4. The highest BCUT2D eigenvalue weighted by Gasteiger charge is 2.31. The van der Waals surface area contributed by atoms with Gasteiger partial charge < -0.3 is 5.73 Å². The van der Waals surface area contributed by atoms with Gasteiger partial charge in [0, 0.05) is 6.04 Å². The molecule has 0 aliphatic heterocycles. The maximum absolute atomic E-state index is 12.6. The Morgan fingerprint density at radius 2 is 1.83 bits per heavy atom. The maximum Gasteiger partial charge on any atom is 0.182 e. The fourth-order valence-corrected chi connectivity index (χ4v) is 4.46. The van der Waals surface area contributed by atoms with Crippen molar-refractivity contribution in [1.29, 1.82) is 0 Å². The van der Waals surface area contributed by atoms with Gasteiger partial charge in [0.2, 0.25) is 0 Å². The lowest BCUT2D eigenvalue weighted by Crippen LogP contribution is -2.40. The Bertz CT molecular complexity index is 482. The molecule has 2 unspecified atom stereocenters. The molecule has 0 radical (unpaired) electrons. The van der Waals surface area contributed by atoms with Crippen molar-refractivity contribution in [3.05, 3.63) is 29.8 Å². The topological polar surface area (TPSA) is 60.2 Å². The zero-order chi connectivity index (χ0) is 13.8. The summed E-state index contributed by atoms with van der Waals surface area (Å²) in [6, 6.07) is 6.82. The summed E-state index contributed by atoms with van der Waals surface area (Å²) in [5.41, 5.74) is 6.82. The van der Waals surface area contributed by atoms with Crippen molar-refractivity contribution in [3.63, 3.8) is 0 Å². The summed E-state index contributed by atoms with van der Waals surface area (Å²) in [5.74, 6) is 0. The Kier molecular flexibility index (Phi) is 5.35. The number of sulfone groups is 1. The highest BCUT2D eigenvalue weighted by molar-refractivity contribution is 7.92. The minimum Gasteiger partial charge on any atom is -0.327 e. The lowest BCUT2D eigenvalue weighted by molar-refractivity contribution is 0.516. The molecule has 0 heterocycles. The molecule has 0 aliphatic rings. The van der Waals surface area contributed by atoms with Crippen LogP contribution in [0.4, 0.5) is 0 Å². The normalized spacial score (nSPS) is 15.3. The molecule has 3 nitrogen and oxygen atoms in total. The summed E-state index contributed by atoms with van der Waals surface area (Å²) in [6.45, 7) is 5.73. The van der Waals surface area contributed by atoms with Gasteiger partial charge in [-0.15, -0.1) is 0 Å². The van der Waals surface area contributed by atoms with Crippen LogP contribution in [0.5, 0.6) is 0 Å². The van der Waals surface area contributed by atoms with E-state index in [4.69, 9.17) is 5.73 Å². The summed E-state index contributed by atoms with van der Waals surface area (Å²) in [4.78, 5) is 0.420. The van der Waals surface area contributed by atoms with Crippen LogP contribution in [0.2, 0.25) is 0 Å². The first-order valence-electron chi connectivity index (χ1n) is 6.50. The van der Waals surface area contributed by atoms with Crippen LogP contribution in [0.1, 0.15) is 38.7 Å². The molecule has 0 fully saturated rings. The molecule has 0 saturated heterocycles. The second-order valence-electron chi connectivity index (χ2n) is 4.71. The number of benzene rings is 1. The van der Waals surface area contributed by atoms with Gasteiger partial charge in [0.15, 0.2) is 9.84 Å². The van der Waals surface area contributed by atoms with Crippen LogP contribution in [-0.4, -0.2) is 19.7 Å². The molecule has 102 valence electrons. The van der Waals surface area contributed by atoms with Crippen molar-refractivity contribution in [3.8, 4) is 0 Å². The molecule has 0 saturated carbocycles. The fourth-order valence-electron chi connectivity index (χ4n) is 2.31. The minimum atomic E-state index is -3.33. The Morgan fingerprint density at radius 3 is 2.33 bits per heavy atom. The second-order valence-corrected chi connectivity index (χ2v) is 6.85. The average molecular weight is 269 g/mol. The molecule has 0 amide bonds. The third-order valence-electron chi connectivity index (χ3n) is 3.30. The zero-order valence-corrected chi connectivity index (χ0v) is 12.2. The van der Waals surface area contributed by atoms with Gasteiger partial charge in [-0.2, -0.15) is 0 Å². The Balaban J connectivity index is 3.15. The van der Waals surface area contributed by atoms with Gasteiger partial charge >= 0.3 is 0 Å². The number of hydrogen-bond donors (Lipinski definition) is 1. The maximum atomic E-state index is 12.6. The SMILES string of the molecule is CCCC(N)C(CC)S(=O)(=O)c1ccccc1C. The molecule has 1 aromatic rings. The molecule has 4 heteroatoms. The summed E-state index contributed by atoms with van der Waals surface area (Å²) in [5, 5.41) is -0.487. The summed E-state index contributed by atoms with van der Waals surface area (Å²) in [7, 11) is -3.33. The van der Waals surface area contributed by atoms with Crippen molar-refractivity contribution in [2.45, 2.75) is 56.2 Å². The van der Waals surface area contributed by atoms with E-state index in [1.54, 1.807) is 12.1 Å². The van der Waals surface area contributed by atoms with Gasteiger partial charge in [0.1, 0.15) is 0 Å². The molecular weight excluding hydrogens is 246 g/mol. The standard InChI is InChI=1S/C14H23NO2S/c1-4-8-12(15)13(5-2)18(16,17)14-10-7-6-9-11(14)3/h6-7,9-10,12-13H,4-5,8,15H2,1-3H3. The third kappa shape index (κ3) is 3.12. The van der Waals surface area contributed by atoms with Crippen LogP contribution in [0.25, 0.3) is 0 Å². The molecule has 0 aromatic heterocycles. The van der Waals surface area contributed by atoms with E-state index in [1.165, 1.54) is 0 Å². The number of nitrogens with two attached hydrogens (primary N) is 1. The van der Waals surface area contributed by atoms with Crippen LogP contribution in [-0.2, 0) is 9.84 Å². The quantitative estimate of drug-likeness (QED) is 0.863. The van der Waals surface area contributed by atoms with E-state index in [9.17, 15) is 8.42 Å². The first kappa shape index (κ1) is 15.2. The molecule has 0 aliphatic carbocycles. The number of aryl methyl sites for hydroxylation is 1. The van der Waals surface area contributed by atoms with Crippen LogP contribution < -0.4 is 5.73 Å². The molecule has 1 aromatic carbocycles.